The number of carbonyl (C=O) groups is 1. The maximum Gasteiger partial charge on any atom is 0.252 e. The van der Waals surface area contributed by atoms with E-state index in [2.05, 4.69) is 5.32 Å². The molecule has 0 fully saturated rings. The van der Waals surface area contributed by atoms with Crippen LogP contribution in [0.25, 0.3) is 0 Å². The van der Waals surface area contributed by atoms with Gasteiger partial charge in [-0.15, -0.1) is 0 Å². The molecule has 1 heterocycles. The van der Waals surface area contributed by atoms with E-state index in [1.54, 1.807) is 43.3 Å². The van der Waals surface area contributed by atoms with Gasteiger partial charge in [0, 0.05) is 0 Å². The van der Waals surface area contributed by atoms with Crippen LogP contribution in [-0.2, 0) is 0 Å². The molecule has 5 heteroatoms. The van der Waals surface area contributed by atoms with E-state index < -0.39 is 6.10 Å². The van der Waals surface area contributed by atoms with Gasteiger partial charge in [-0.1, -0.05) is 23.7 Å². The fraction of sp³-hybridized carbons (Fsp3) is 0.214. The fourth-order valence-corrected chi connectivity index (χ4v) is 1.88. The molecule has 0 aliphatic rings. The van der Waals surface area contributed by atoms with Crippen molar-refractivity contribution in [1.29, 1.82) is 0 Å². The topological polar surface area (TPSA) is 62.5 Å². The lowest BCUT2D eigenvalue weighted by molar-refractivity contribution is 0.0900. The van der Waals surface area contributed by atoms with Gasteiger partial charge in [-0.25, -0.2) is 0 Å². The molecular weight excluding hydrogens is 266 g/mol. The molecule has 2 N–H and O–H groups in total. The number of benzene rings is 1. The molecule has 1 amide bonds. The quantitative estimate of drug-likeness (QED) is 0.904. The summed E-state index contributed by atoms with van der Waals surface area (Å²) in [7, 11) is 0. The van der Waals surface area contributed by atoms with Gasteiger partial charge < -0.3 is 14.8 Å². The van der Waals surface area contributed by atoms with Crippen molar-refractivity contribution in [3.05, 3.63) is 58.5 Å². The highest BCUT2D eigenvalue weighted by Gasteiger charge is 2.14. The Morgan fingerprint density at radius 3 is 2.74 bits per heavy atom. The van der Waals surface area contributed by atoms with E-state index in [0.717, 1.165) is 0 Å². The molecule has 1 aromatic heterocycles. The molecule has 4 nitrogen and oxygen atoms in total. The molecule has 1 atom stereocenters. The Morgan fingerprint density at radius 1 is 1.37 bits per heavy atom. The number of nitrogens with one attached hydrogen (secondary N) is 1. The Bertz CT molecular complexity index is 580. The summed E-state index contributed by atoms with van der Waals surface area (Å²) in [6.45, 7) is 1.86. The van der Waals surface area contributed by atoms with E-state index in [4.69, 9.17) is 16.0 Å². The second-order valence-corrected chi connectivity index (χ2v) is 4.56. The van der Waals surface area contributed by atoms with E-state index in [0.29, 0.717) is 22.1 Å². The van der Waals surface area contributed by atoms with Crippen LogP contribution in [0.3, 0.4) is 0 Å². The molecule has 0 bridgehead atoms. The number of aliphatic hydroxyl groups is 1. The minimum Gasteiger partial charge on any atom is -0.464 e. The SMILES string of the molecule is Cc1ccc(C(O)CNC(=O)c2ccccc2Cl)o1. The second kappa shape index (κ2) is 5.91. The molecule has 0 spiro atoms. The Morgan fingerprint density at radius 2 is 2.11 bits per heavy atom. The Labute approximate surface area is 116 Å². The third kappa shape index (κ3) is 3.36. The molecule has 2 aromatic rings. The summed E-state index contributed by atoms with van der Waals surface area (Å²) < 4.78 is 5.28. The van der Waals surface area contributed by atoms with Crippen LogP contribution in [0.1, 0.15) is 28.0 Å². The lowest BCUT2D eigenvalue weighted by Gasteiger charge is -2.10. The van der Waals surface area contributed by atoms with E-state index >= 15 is 0 Å². The summed E-state index contributed by atoms with van der Waals surface area (Å²) in [4.78, 5) is 11.9. The van der Waals surface area contributed by atoms with Crippen molar-refractivity contribution in [2.24, 2.45) is 0 Å². The van der Waals surface area contributed by atoms with Crippen LogP contribution >= 0.6 is 11.6 Å². The molecule has 0 aliphatic carbocycles. The van der Waals surface area contributed by atoms with Crippen molar-refractivity contribution < 1.29 is 14.3 Å². The summed E-state index contributed by atoms with van der Waals surface area (Å²) >= 11 is 5.91. The Kier molecular flexibility index (Phi) is 4.24. The molecule has 1 aromatic carbocycles. The number of amides is 1. The molecule has 1 unspecified atom stereocenters. The molecule has 0 saturated heterocycles. The van der Waals surface area contributed by atoms with Crippen LogP contribution in [0.15, 0.2) is 40.8 Å². The summed E-state index contributed by atoms with van der Waals surface area (Å²) in [5.74, 6) is 0.816. The molecule has 19 heavy (non-hydrogen) atoms. The molecule has 0 saturated carbocycles. The van der Waals surface area contributed by atoms with Crippen LogP contribution in [0, 0.1) is 6.92 Å². The van der Waals surface area contributed by atoms with Crippen LogP contribution < -0.4 is 5.32 Å². The van der Waals surface area contributed by atoms with E-state index in [1.807, 2.05) is 0 Å². The van der Waals surface area contributed by atoms with Gasteiger partial charge in [0.25, 0.3) is 5.91 Å². The predicted octanol–water partition coefficient (Wildman–Crippen LogP) is 2.70. The van der Waals surface area contributed by atoms with Crippen molar-refractivity contribution in [2.75, 3.05) is 6.54 Å². The van der Waals surface area contributed by atoms with Crippen molar-refractivity contribution in [3.63, 3.8) is 0 Å². The number of aliphatic hydroxyl groups excluding tert-OH is 1. The van der Waals surface area contributed by atoms with E-state index in [-0.39, 0.29) is 12.5 Å². The maximum absolute atomic E-state index is 11.9. The predicted molar refractivity (Wildman–Crippen MR) is 72.2 cm³/mol. The third-order valence-corrected chi connectivity index (χ3v) is 2.99. The highest BCUT2D eigenvalue weighted by molar-refractivity contribution is 6.33. The highest BCUT2D eigenvalue weighted by atomic mass is 35.5. The average Bonchev–Trinajstić information content (AvgIpc) is 2.83. The van der Waals surface area contributed by atoms with Crippen LogP contribution in [0.5, 0.6) is 0 Å². The number of aryl methyl sites for hydroxylation is 1. The van der Waals surface area contributed by atoms with Gasteiger partial charge in [0.05, 0.1) is 17.1 Å². The number of furan rings is 1. The zero-order valence-electron chi connectivity index (χ0n) is 10.4. The fourth-order valence-electron chi connectivity index (χ4n) is 1.66. The van der Waals surface area contributed by atoms with Crippen molar-refractivity contribution in [1.82, 2.24) is 5.32 Å². The Hall–Kier alpha value is -1.78. The van der Waals surface area contributed by atoms with Gasteiger partial charge in [-0.2, -0.15) is 0 Å². The number of rotatable bonds is 4. The number of hydrogen-bond acceptors (Lipinski definition) is 3. The first-order chi connectivity index (χ1) is 9.08. The van der Waals surface area contributed by atoms with Gasteiger partial charge in [-0.05, 0) is 31.2 Å². The van der Waals surface area contributed by atoms with Crippen LogP contribution in [0.2, 0.25) is 5.02 Å². The first-order valence-electron chi connectivity index (χ1n) is 5.85. The standard InChI is InChI=1S/C14H14ClNO3/c1-9-6-7-13(19-9)12(17)8-16-14(18)10-4-2-3-5-11(10)15/h2-7,12,17H,8H2,1H3,(H,16,18). The second-order valence-electron chi connectivity index (χ2n) is 4.15. The zero-order valence-corrected chi connectivity index (χ0v) is 11.1. The normalized spacial score (nSPS) is 12.2. The van der Waals surface area contributed by atoms with Gasteiger partial charge in [0.15, 0.2) is 0 Å². The summed E-state index contributed by atoms with van der Waals surface area (Å²) in [5.41, 5.74) is 0.381. The molecule has 100 valence electrons. The van der Waals surface area contributed by atoms with Gasteiger partial charge in [0.1, 0.15) is 17.6 Å². The van der Waals surface area contributed by atoms with Crippen molar-refractivity contribution in [3.8, 4) is 0 Å². The molecule has 0 radical (unpaired) electrons. The largest absolute Gasteiger partial charge is 0.464 e. The van der Waals surface area contributed by atoms with Crippen molar-refractivity contribution >= 4 is 17.5 Å². The lowest BCUT2D eigenvalue weighted by Crippen LogP contribution is -2.28. The van der Waals surface area contributed by atoms with Crippen LogP contribution in [0.4, 0.5) is 0 Å². The maximum atomic E-state index is 11.9. The average molecular weight is 280 g/mol. The highest BCUT2D eigenvalue weighted by Crippen LogP contribution is 2.17. The van der Waals surface area contributed by atoms with E-state index in [1.165, 1.54) is 0 Å². The summed E-state index contributed by atoms with van der Waals surface area (Å²) in [6, 6.07) is 10.2. The van der Waals surface area contributed by atoms with Gasteiger partial charge >= 0.3 is 0 Å². The zero-order chi connectivity index (χ0) is 13.8. The molecular formula is C14H14ClNO3. The molecule has 2 rings (SSSR count). The van der Waals surface area contributed by atoms with Gasteiger partial charge in [0.2, 0.25) is 0 Å². The lowest BCUT2D eigenvalue weighted by atomic mass is 10.2. The number of carbonyl (C=O) groups excluding carboxylic acids is 1. The minimum absolute atomic E-state index is 0.0665. The first-order valence-corrected chi connectivity index (χ1v) is 6.23. The minimum atomic E-state index is -0.875. The summed E-state index contributed by atoms with van der Waals surface area (Å²) in [6.07, 6.45) is -0.875. The number of halogens is 1. The van der Waals surface area contributed by atoms with E-state index in [9.17, 15) is 9.90 Å². The summed E-state index contributed by atoms with van der Waals surface area (Å²) in [5, 5.41) is 12.8. The monoisotopic (exact) mass is 279 g/mol. The molecule has 0 aliphatic heterocycles. The Balaban J connectivity index is 1.96. The van der Waals surface area contributed by atoms with Crippen LogP contribution in [-0.4, -0.2) is 17.6 Å². The smallest absolute Gasteiger partial charge is 0.252 e. The number of hydrogen-bond donors (Lipinski definition) is 2. The first kappa shape index (κ1) is 13.6. The van der Waals surface area contributed by atoms with Gasteiger partial charge in [-0.3, -0.25) is 4.79 Å². The van der Waals surface area contributed by atoms with Crippen molar-refractivity contribution in [2.45, 2.75) is 13.0 Å². The third-order valence-electron chi connectivity index (χ3n) is 2.66.